The highest BCUT2D eigenvalue weighted by Gasteiger charge is 2.15. The summed E-state index contributed by atoms with van der Waals surface area (Å²) in [5.41, 5.74) is 5.84. The van der Waals surface area contributed by atoms with E-state index in [1.165, 1.54) is 6.07 Å². The Morgan fingerprint density at radius 2 is 1.95 bits per heavy atom. The van der Waals surface area contributed by atoms with Crippen LogP contribution >= 0.6 is 11.6 Å². The molecule has 0 unspecified atom stereocenters. The van der Waals surface area contributed by atoms with Crippen molar-refractivity contribution in [1.29, 1.82) is 0 Å². The van der Waals surface area contributed by atoms with E-state index in [9.17, 15) is 4.39 Å². The summed E-state index contributed by atoms with van der Waals surface area (Å²) < 4.78 is 29.2. The van der Waals surface area contributed by atoms with E-state index in [1.54, 1.807) is 18.2 Å². The lowest BCUT2D eigenvalue weighted by atomic mass is 10.2. The summed E-state index contributed by atoms with van der Waals surface area (Å²) in [5, 5.41) is -0.0510. The van der Waals surface area contributed by atoms with E-state index in [-0.39, 0.29) is 23.3 Å². The molecule has 0 spiro atoms. The molecule has 19 heavy (non-hydrogen) atoms. The van der Waals surface area contributed by atoms with Gasteiger partial charge >= 0.3 is 0 Å². The molecule has 0 aliphatic carbocycles. The van der Waals surface area contributed by atoms with Crippen molar-refractivity contribution in [2.45, 2.75) is 0 Å². The summed E-state index contributed by atoms with van der Waals surface area (Å²) >= 11 is 5.69. The lowest BCUT2D eigenvalue weighted by Crippen LogP contribution is -1.94. The Morgan fingerprint density at radius 3 is 2.79 bits per heavy atom. The van der Waals surface area contributed by atoms with Crippen LogP contribution in [-0.4, -0.2) is 6.79 Å². The highest BCUT2D eigenvalue weighted by Crippen LogP contribution is 2.38. The summed E-state index contributed by atoms with van der Waals surface area (Å²) in [6.07, 6.45) is 0. The second-order valence-corrected chi connectivity index (χ2v) is 4.33. The summed E-state index contributed by atoms with van der Waals surface area (Å²) in [6, 6.07) is 7.53. The average molecular weight is 282 g/mol. The molecule has 0 aromatic heterocycles. The van der Waals surface area contributed by atoms with Gasteiger partial charge in [-0.1, -0.05) is 11.6 Å². The molecule has 1 aliphatic heterocycles. The number of anilines is 1. The Morgan fingerprint density at radius 1 is 1.16 bits per heavy atom. The van der Waals surface area contributed by atoms with Crippen LogP contribution in [0, 0.1) is 5.82 Å². The number of nitrogens with two attached hydrogens (primary N) is 1. The molecular weight excluding hydrogens is 273 g/mol. The Balaban J connectivity index is 1.91. The van der Waals surface area contributed by atoms with Gasteiger partial charge in [-0.3, -0.25) is 0 Å². The van der Waals surface area contributed by atoms with Crippen molar-refractivity contribution in [2.75, 3.05) is 12.5 Å². The molecule has 4 nitrogen and oxygen atoms in total. The van der Waals surface area contributed by atoms with Crippen LogP contribution in [0.3, 0.4) is 0 Å². The number of nitrogen functional groups attached to an aromatic ring is 1. The minimum absolute atomic E-state index is 0.0510. The number of fused-ring (bicyclic) bond motifs is 1. The van der Waals surface area contributed by atoms with Crippen molar-refractivity contribution in [3.8, 4) is 23.0 Å². The van der Waals surface area contributed by atoms with Crippen LogP contribution in [-0.2, 0) is 0 Å². The SMILES string of the molecule is Nc1cc(F)c(Cl)cc1Oc1ccc2c(c1)OCO2. The van der Waals surface area contributed by atoms with Crippen LogP contribution in [0.15, 0.2) is 30.3 Å². The third-order valence-corrected chi connectivity index (χ3v) is 2.91. The van der Waals surface area contributed by atoms with E-state index in [0.717, 1.165) is 6.07 Å². The minimum Gasteiger partial charge on any atom is -0.455 e. The van der Waals surface area contributed by atoms with Crippen molar-refractivity contribution < 1.29 is 18.6 Å². The average Bonchev–Trinajstić information content (AvgIpc) is 2.83. The molecule has 2 N–H and O–H groups in total. The maximum Gasteiger partial charge on any atom is 0.231 e. The predicted molar refractivity (Wildman–Crippen MR) is 68.5 cm³/mol. The van der Waals surface area contributed by atoms with Gasteiger partial charge in [0.05, 0.1) is 10.7 Å². The van der Waals surface area contributed by atoms with E-state index >= 15 is 0 Å². The summed E-state index contributed by atoms with van der Waals surface area (Å²) in [5.74, 6) is 1.43. The van der Waals surface area contributed by atoms with Gasteiger partial charge in [0.25, 0.3) is 0 Å². The quantitative estimate of drug-likeness (QED) is 0.855. The third kappa shape index (κ3) is 2.24. The monoisotopic (exact) mass is 281 g/mol. The van der Waals surface area contributed by atoms with Crippen LogP contribution in [0.1, 0.15) is 0 Å². The maximum absolute atomic E-state index is 13.2. The van der Waals surface area contributed by atoms with Crippen LogP contribution in [0.25, 0.3) is 0 Å². The highest BCUT2D eigenvalue weighted by atomic mass is 35.5. The first-order valence-electron chi connectivity index (χ1n) is 5.45. The van der Waals surface area contributed by atoms with Gasteiger partial charge in [-0.15, -0.1) is 0 Å². The molecule has 0 radical (unpaired) electrons. The van der Waals surface area contributed by atoms with Crippen LogP contribution in [0.2, 0.25) is 5.02 Å². The summed E-state index contributed by atoms with van der Waals surface area (Å²) in [4.78, 5) is 0. The summed E-state index contributed by atoms with van der Waals surface area (Å²) in [7, 11) is 0. The normalized spacial score (nSPS) is 12.5. The third-order valence-electron chi connectivity index (χ3n) is 2.62. The van der Waals surface area contributed by atoms with E-state index in [2.05, 4.69) is 0 Å². The van der Waals surface area contributed by atoms with Gasteiger partial charge in [0.2, 0.25) is 6.79 Å². The van der Waals surface area contributed by atoms with Crippen molar-refractivity contribution in [1.82, 2.24) is 0 Å². The fourth-order valence-corrected chi connectivity index (χ4v) is 1.85. The fourth-order valence-electron chi connectivity index (χ4n) is 1.70. The molecule has 0 amide bonds. The molecule has 2 aromatic carbocycles. The molecule has 3 rings (SSSR count). The number of benzene rings is 2. The Kier molecular flexibility index (Phi) is 2.83. The molecule has 1 heterocycles. The molecule has 0 atom stereocenters. The maximum atomic E-state index is 13.2. The van der Waals surface area contributed by atoms with Gasteiger partial charge in [0, 0.05) is 18.2 Å². The van der Waals surface area contributed by atoms with Gasteiger partial charge in [0.1, 0.15) is 11.6 Å². The number of halogens is 2. The number of ether oxygens (including phenoxy) is 3. The molecule has 2 aromatic rings. The van der Waals surface area contributed by atoms with Gasteiger partial charge < -0.3 is 19.9 Å². The minimum atomic E-state index is -0.586. The fraction of sp³-hybridized carbons (Fsp3) is 0.0769. The molecule has 1 aliphatic rings. The summed E-state index contributed by atoms with van der Waals surface area (Å²) in [6.45, 7) is 0.184. The zero-order valence-corrected chi connectivity index (χ0v) is 10.4. The molecule has 0 saturated heterocycles. The number of hydrogen-bond donors (Lipinski definition) is 1. The van der Waals surface area contributed by atoms with E-state index in [1.807, 2.05) is 0 Å². The lowest BCUT2D eigenvalue weighted by molar-refractivity contribution is 0.174. The van der Waals surface area contributed by atoms with Gasteiger partial charge in [-0.2, -0.15) is 0 Å². The second-order valence-electron chi connectivity index (χ2n) is 3.92. The van der Waals surface area contributed by atoms with E-state index < -0.39 is 5.82 Å². The van der Waals surface area contributed by atoms with Crippen LogP contribution in [0.4, 0.5) is 10.1 Å². The van der Waals surface area contributed by atoms with Gasteiger partial charge in [0.15, 0.2) is 17.2 Å². The Bertz CT molecular complexity index is 648. The highest BCUT2D eigenvalue weighted by molar-refractivity contribution is 6.31. The van der Waals surface area contributed by atoms with Crippen molar-refractivity contribution in [3.05, 3.63) is 41.2 Å². The molecule has 0 bridgehead atoms. The number of hydrogen-bond acceptors (Lipinski definition) is 4. The Labute approximate surface area is 113 Å². The molecule has 0 saturated carbocycles. The zero-order valence-electron chi connectivity index (χ0n) is 9.65. The first-order valence-corrected chi connectivity index (χ1v) is 5.83. The van der Waals surface area contributed by atoms with Crippen LogP contribution < -0.4 is 19.9 Å². The Hall–Kier alpha value is -2.14. The number of rotatable bonds is 2. The van der Waals surface area contributed by atoms with Gasteiger partial charge in [-0.05, 0) is 12.1 Å². The second kappa shape index (κ2) is 4.51. The van der Waals surface area contributed by atoms with E-state index in [4.69, 9.17) is 31.5 Å². The molecule has 0 fully saturated rings. The smallest absolute Gasteiger partial charge is 0.231 e. The molecule has 6 heteroatoms. The van der Waals surface area contributed by atoms with Crippen molar-refractivity contribution in [3.63, 3.8) is 0 Å². The predicted octanol–water partition coefficient (Wildman–Crippen LogP) is 3.58. The van der Waals surface area contributed by atoms with E-state index in [0.29, 0.717) is 17.2 Å². The molecule has 98 valence electrons. The lowest BCUT2D eigenvalue weighted by Gasteiger charge is -2.09. The van der Waals surface area contributed by atoms with Crippen molar-refractivity contribution in [2.24, 2.45) is 0 Å². The van der Waals surface area contributed by atoms with Crippen molar-refractivity contribution >= 4 is 17.3 Å². The van der Waals surface area contributed by atoms with Crippen LogP contribution in [0.5, 0.6) is 23.0 Å². The zero-order chi connectivity index (χ0) is 13.4. The topological polar surface area (TPSA) is 53.7 Å². The first-order chi connectivity index (χ1) is 9.13. The van der Waals surface area contributed by atoms with Gasteiger partial charge in [-0.25, -0.2) is 4.39 Å². The largest absolute Gasteiger partial charge is 0.455 e. The first kappa shape index (κ1) is 11.9. The molecular formula is C13H9ClFNO3. The standard InChI is InChI=1S/C13H9ClFNO3/c14-8-4-12(10(16)5-9(8)15)19-7-1-2-11-13(3-7)18-6-17-11/h1-5H,6,16H2.